The molecule has 0 aliphatic heterocycles. The van der Waals surface area contributed by atoms with E-state index in [1.165, 1.54) is 0 Å². The van der Waals surface area contributed by atoms with Crippen LogP contribution in [0.5, 0.6) is 0 Å². The van der Waals surface area contributed by atoms with Gasteiger partial charge in [0.2, 0.25) is 0 Å². The molecule has 1 atom stereocenters. The van der Waals surface area contributed by atoms with E-state index in [-0.39, 0.29) is 5.92 Å². The van der Waals surface area contributed by atoms with E-state index in [1.807, 2.05) is 26.8 Å². The lowest BCUT2D eigenvalue weighted by Crippen LogP contribution is -2.26. The Kier molecular flexibility index (Phi) is 3.13. The third kappa shape index (κ3) is 1.88. The van der Waals surface area contributed by atoms with Crippen LogP contribution in [0.25, 0.3) is 0 Å². The summed E-state index contributed by atoms with van der Waals surface area (Å²) in [6, 6.07) is 5.91. The summed E-state index contributed by atoms with van der Waals surface area (Å²) in [4.78, 5) is 3.99. The highest BCUT2D eigenvalue weighted by atomic mass is 35.5. The van der Waals surface area contributed by atoms with E-state index in [1.54, 1.807) is 12.3 Å². The number of pyridine rings is 1. The number of hydrogen-bond acceptors (Lipinski definition) is 2. The number of halogens is 1. The molecule has 0 aromatic carbocycles. The molecule has 3 heteroatoms. The highest BCUT2D eigenvalue weighted by Crippen LogP contribution is 2.30. The molecule has 0 saturated heterocycles. The third-order valence-electron chi connectivity index (χ3n) is 2.71. The lowest BCUT2D eigenvalue weighted by molar-refractivity contribution is 0.430. The van der Waals surface area contributed by atoms with E-state index in [0.717, 1.165) is 5.56 Å². The maximum atomic E-state index is 9.17. The first-order valence-electron chi connectivity index (χ1n) is 4.54. The van der Waals surface area contributed by atoms with Gasteiger partial charge in [0.05, 0.1) is 11.5 Å². The van der Waals surface area contributed by atoms with Gasteiger partial charge in [-0.3, -0.25) is 0 Å². The van der Waals surface area contributed by atoms with Gasteiger partial charge in [-0.05, 0) is 24.5 Å². The molecule has 0 bridgehead atoms. The number of nitrogens with zero attached hydrogens (tertiary/aromatic N) is 2. The Hall–Kier alpha value is -1.07. The Morgan fingerprint density at radius 1 is 1.50 bits per heavy atom. The maximum Gasteiger partial charge on any atom is 0.129 e. The topological polar surface area (TPSA) is 36.7 Å². The Bertz CT molecular complexity index is 351. The molecule has 1 rings (SSSR count). The second-order valence-electron chi connectivity index (χ2n) is 3.84. The van der Waals surface area contributed by atoms with E-state index < -0.39 is 5.41 Å². The van der Waals surface area contributed by atoms with Gasteiger partial charge in [-0.25, -0.2) is 4.98 Å². The van der Waals surface area contributed by atoms with Gasteiger partial charge in [0.1, 0.15) is 5.15 Å². The van der Waals surface area contributed by atoms with Crippen LogP contribution < -0.4 is 0 Å². The molecule has 14 heavy (non-hydrogen) atoms. The summed E-state index contributed by atoms with van der Waals surface area (Å²) in [5.41, 5.74) is 0.428. The number of hydrogen-bond donors (Lipinski definition) is 0. The summed E-state index contributed by atoms with van der Waals surface area (Å²) in [6.07, 6.45) is 1.67. The molecule has 0 saturated carbocycles. The fourth-order valence-corrected chi connectivity index (χ4v) is 1.32. The average molecular weight is 209 g/mol. The van der Waals surface area contributed by atoms with Gasteiger partial charge in [-0.2, -0.15) is 5.26 Å². The lowest BCUT2D eigenvalue weighted by atomic mass is 9.75. The molecular formula is C11H13ClN2. The van der Waals surface area contributed by atoms with Crippen LogP contribution >= 0.6 is 11.6 Å². The van der Waals surface area contributed by atoms with Crippen LogP contribution in [-0.4, -0.2) is 4.98 Å². The van der Waals surface area contributed by atoms with Crippen LogP contribution in [0.4, 0.5) is 0 Å². The smallest absolute Gasteiger partial charge is 0.129 e. The summed E-state index contributed by atoms with van der Waals surface area (Å²) < 4.78 is 0. The minimum atomic E-state index is -0.489. The Balaban J connectivity index is 3.15. The second-order valence-corrected chi connectivity index (χ2v) is 4.23. The van der Waals surface area contributed by atoms with Gasteiger partial charge >= 0.3 is 0 Å². The Morgan fingerprint density at radius 2 is 2.14 bits per heavy atom. The van der Waals surface area contributed by atoms with Crippen molar-refractivity contribution in [2.75, 3.05) is 0 Å². The summed E-state index contributed by atoms with van der Waals surface area (Å²) in [5, 5.41) is 9.62. The summed E-state index contributed by atoms with van der Waals surface area (Å²) >= 11 is 5.69. The second kappa shape index (κ2) is 3.98. The van der Waals surface area contributed by atoms with Gasteiger partial charge in [0.15, 0.2) is 0 Å². The summed E-state index contributed by atoms with van der Waals surface area (Å²) in [5.74, 6) is 0.246. The van der Waals surface area contributed by atoms with Crippen molar-refractivity contribution < 1.29 is 0 Å². The Labute approximate surface area is 89.5 Å². The normalized spacial score (nSPS) is 14.9. The molecule has 0 amide bonds. The van der Waals surface area contributed by atoms with Crippen molar-refractivity contribution in [1.82, 2.24) is 4.98 Å². The molecule has 74 valence electrons. The first-order valence-corrected chi connectivity index (χ1v) is 4.92. The molecule has 0 aliphatic rings. The van der Waals surface area contributed by atoms with Crippen LogP contribution in [0.1, 0.15) is 26.3 Å². The fraction of sp³-hybridized carbons (Fsp3) is 0.455. The number of rotatable bonds is 2. The molecule has 0 aliphatic carbocycles. The molecule has 0 N–H and O–H groups in total. The van der Waals surface area contributed by atoms with Gasteiger partial charge in [-0.15, -0.1) is 0 Å². The molecule has 1 heterocycles. The van der Waals surface area contributed by atoms with Crippen molar-refractivity contribution in [1.29, 1.82) is 5.26 Å². The van der Waals surface area contributed by atoms with Crippen LogP contribution in [0.15, 0.2) is 18.3 Å². The zero-order valence-corrected chi connectivity index (χ0v) is 9.34. The number of aromatic nitrogens is 1. The van der Waals surface area contributed by atoms with Gasteiger partial charge < -0.3 is 0 Å². The minimum absolute atomic E-state index is 0.246. The van der Waals surface area contributed by atoms with Crippen molar-refractivity contribution in [3.05, 3.63) is 29.0 Å². The lowest BCUT2D eigenvalue weighted by Gasteiger charge is -2.25. The molecular weight excluding hydrogens is 196 g/mol. The Morgan fingerprint density at radius 3 is 2.50 bits per heavy atom. The van der Waals surface area contributed by atoms with Gasteiger partial charge in [0.25, 0.3) is 0 Å². The number of nitriles is 1. The SMILES string of the molecule is CC(C)[C@](C)(C#N)c1ccc(Cl)nc1. The van der Waals surface area contributed by atoms with Crippen molar-refractivity contribution in [2.45, 2.75) is 26.2 Å². The van der Waals surface area contributed by atoms with Gasteiger partial charge in [0, 0.05) is 6.20 Å². The highest BCUT2D eigenvalue weighted by molar-refractivity contribution is 6.29. The van der Waals surface area contributed by atoms with Crippen molar-refractivity contribution in [3.63, 3.8) is 0 Å². The van der Waals surface area contributed by atoms with Gasteiger partial charge in [-0.1, -0.05) is 31.5 Å². The van der Waals surface area contributed by atoms with Crippen molar-refractivity contribution in [2.24, 2.45) is 5.92 Å². The van der Waals surface area contributed by atoms with E-state index in [9.17, 15) is 0 Å². The van der Waals surface area contributed by atoms with Crippen LogP contribution in [-0.2, 0) is 5.41 Å². The maximum absolute atomic E-state index is 9.17. The van der Waals surface area contributed by atoms with E-state index in [0.29, 0.717) is 5.15 Å². The standard InChI is InChI=1S/C11H13ClN2/c1-8(2)11(3,7-13)9-4-5-10(12)14-6-9/h4-6,8H,1-3H3/t11-/m0/s1. The molecule has 2 nitrogen and oxygen atoms in total. The predicted molar refractivity (Wildman–Crippen MR) is 57.1 cm³/mol. The van der Waals surface area contributed by atoms with E-state index in [2.05, 4.69) is 11.1 Å². The highest BCUT2D eigenvalue weighted by Gasteiger charge is 2.30. The molecule has 1 aromatic heterocycles. The molecule has 0 radical (unpaired) electrons. The van der Waals surface area contributed by atoms with Crippen molar-refractivity contribution in [3.8, 4) is 6.07 Å². The largest absolute Gasteiger partial charge is 0.244 e. The van der Waals surface area contributed by atoms with Crippen molar-refractivity contribution >= 4 is 11.6 Å². The molecule has 0 unspecified atom stereocenters. The summed E-state index contributed by atoms with van der Waals surface area (Å²) in [6.45, 7) is 5.97. The zero-order chi connectivity index (χ0) is 10.8. The summed E-state index contributed by atoms with van der Waals surface area (Å²) in [7, 11) is 0. The van der Waals surface area contributed by atoms with Crippen LogP contribution in [0.3, 0.4) is 0 Å². The average Bonchev–Trinajstić information content (AvgIpc) is 2.17. The first-order chi connectivity index (χ1) is 6.50. The molecule has 0 spiro atoms. The quantitative estimate of drug-likeness (QED) is 0.700. The predicted octanol–water partition coefficient (Wildman–Crippen LogP) is 3.17. The molecule has 0 fully saturated rings. The molecule has 1 aromatic rings. The zero-order valence-electron chi connectivity index (χ0n) is 8.58. The monoisotopic (exact) mass is 208 g/mol. The minimum Gasteiger partial charge on any atom is -0.244 e. The first kappa shape index (κ1) is 11.0. The fourth-order valence-electron chi connectivity index (χ4n) is 1.21. The van der Waals surface area contributed by atoms with Crippen LogP contribution in [0, 0.1) is 17.2 Å². The third-order valence-corrected chi connectivity index (χ3v) is 2.94. The van der Waals surface area contributed by atoms with Crippen LogP contribution in [0.2, 0.25) is 5.15 Å². The van der Waals surface area contributed by atoms with E-state index in [4.69, 9.17) is 16.9 Å². The van der Waals surface area contributed by atoms with E-state index >= 15 is 0 Å².